The Labute approximate surface area is 120 Å². The van der Waals surface area contributed by atoms with Gasteiger partial charge in [0.1, 0.15) is 0 Å². The van der Waals surface area contributed by atoms with E-state index >= 15 is 0 Å². The summed E-state index contributed by atoms with van der Waals surface area (Å²) in [4.78, 5) is 34.1. The fraction of sp³-hybridized carbons (Fsp3) is 0.308. The first-order valence-corrected chi connectivity index (χ1v) is 6.34. The number of nitrogens with zero attached hydrogens (tertiary/aromatic N) is 3. The van der Waals surface area contributed by atoms with Gasteiger partial charge in [0.2, 0.25) is 11.8 Å². The van der Waals surface area contributed by atoms with E-state index in [1.165, 1.54) is 29.2 Å². The summed E-state index contributed by atoms with van der Waals surface area (Å²) in [5.74, 6) is -0.380. The molecule has 1 saturated heterocycles. The van der Waals surface area contributed by atoms with Crippen molar-refractivity contribution >= 4 is 28.9 Å². The van der Waals surface area contributed by atoms with Crippen LogP contribution in [0.3, 0.4) is 0 Å². The topological polar surface area (TPSA) is 105 Å². The summed E-state index contributed by atoms with van der Waals surface area (Å²) in [6, 6.07) is 5.78. The third-order valence-electron chi connectivity index (χ3n) is 3.00. The Bertz CT molecular complexity index is 593. The molecular formula is C13H14N4O4. The Kier molecular flexibility index (Phi) is 4.27. The van der Waals surface area contributed by atoms with Crippen LogP contribution in [-0.4, -0.2) is 33.9 Å². The zero-order valence-corrected chi connectivity index (χ0v) is 11.4. The molecule has 0 saturated carbocycles. The number of rotatable bonds is 5. The minimum Gasteiger partial charge on any atom is -0.279 e. The number of hydrogen-bond donors (Lipinski definition) is 1. The first-order valence-electron chi connectivity index (χ1n) is 6.34. The van der Waals surface area contributed by atoms with Crippen molar-refractivity contribution in [3.63, 3.8) is 0 Å². The van der Waals surface area contributed by atoms with E-state index in [1.54, 1.807) is 6.92 Å². The lowest BCUT2D eigenvalue weighted by Gasteiger charge is -2.13. The molecular weight excluding hydrogens is 276 g/mol. The van der Waals surface area contributed by atoms with Crippen LogP contribution in [0.25, 0.3) is 0 Å². The van der Waals surface area contributed by atoms with Gasteiger partial charge in [0.05, 0.1) is 22.9 Å². The fourth-order valence-corrected chi connectivity index (χ4v) is 1.88. The summed E-state index contributed by atoms with van der Waals surface area (Å²) in [6.45, 7) is 1.84. The van der Waals surface area contributed by atoms with Crippen LogP contribution in [0, 0.1) is 10.1 Å². The summed E-state index contributed by atoms with van der Waals surface area (Å²) < 4.78 is 0. The number of likely N-dealkylation sites (tertiary alicyclic amines) is 1. The largest absolute Gasteiger partial charge is 0.279 e. The van der Waals surface area contributed by atoms with Crippen LogP contribution in [-0.2, 0) is 9.59 Å². The van der Waals surface area contributed by atoms with Crippen molar-refractivity contribution in [1.29, 1.82) is 0 Å². The lowest BCUT2D eigenvalue weighted by Crippen LogP contribution is -2.33. The zero-order chi connectivity index (χ0) is 15.4. The Balaban J connectivity index is 1.95. The number of non-ortho nitro benzene ring substituents is 1. The van der Waals surface area contributed by atoms with E-state index in [2.05, 4.69) is 10.5 Å². The van der Waals surface area contributed by atoms with Gasteiger partial charge in [-0.15, -0.1) is 0 Å². The van der Waals surface area contributed by atoms with Crippen LogP contribution in [0.15, 0.2) is 29.4 Å². The minimum absolute atomic E-state index is 0.00508. The Morgan fingerprint density at radius 3 is 2.38 bits per heavy atom. The SMILES string of the molecule is C/C(CN1C(=O)CCC1=O)=N/Nc1ccc([N+](=O)[O-])cc1. The second-order valence-electron chi connectivity index (χ2n) is 4.64. The number of carbonyl (C=O) groups is 2. The molecule has 1 aromatic carbocycles. The number of benzene rings is 1. The second kappa shape index (κ2) is 6.12. The predicted octanol–water partition coefficient (Wildman–Crippen LogP) is 1.53. The van der Waals surface area contributed by atoms with Crippen LogP contribution in [0.5, 0.6) is 0 Å². The Hall–Kier alpha value is -2.77. The summed E-state index contributed by atoms with van der Waals surface area (Å²) in [5, 5.41) is 14.6. The summed E-state index contributed by atoms with van der Waals surface area (Å²) in [7, 11) is 0. The molecule has 1 heterocycles. The highest BCUT2D eigenvalue weighted by atomic mass is 16.6. The highest BCUT2D eigenvalue weighted by molar-refractivity contribution is 6.05. The number of imide groups is 1. The molecule has 1 fully saturated rings. The third kappa shape index (κ3) is 3.62. The van der Waals surface area contributed by atoms with E-state index in [0.29, 0.717) is 11.4 Å². The van der Waals surface area contributed by atoms with Gasteiger partial charge >= 0.3 is 0 Å². The second-order valence-corrected chi connectivity index (χ2v) is 4.64. The molecule has 0 unspecified atom stereocenters. The van der Waals surface area contributed by atoms with Gasteiger partial charge in [0, 0.05) is 25.0 Å². The lowest BCUT2D eigenvalue weighted by molar-refractivity contribution is -0.384. The molecule has 2 rings (SSSR count). The molecule has 1 N–H and O–H groups in total. The Morgan fingerprint density at radius 2 is 1.86 bits per heavy atom. The fourth-order valence-electron chi connectivity index (χ4n) is 1.88. The normalized spacial score (nSPS) is 15.5. The van der Waals surface area contributed by atoms with Gasteiger partial charge in [0.15, 0.2) is 0 Å². The monoisotopic (exact) mass is 290 g/mol. The smallest absolute Gasteiger partial charge is 0.269 e. The van der Waals surface area contributed by atoms with E-state index < -0.39 is 4.92 Å². The summed E-state index contributed by atoms with van der Waals surface area (Å²) in [5.41, 5.74) is 3.87. The zero-order valence-electron chi connectivity index (χ0n) is 11.4. The standard InChI is InChI=1S/C13H14N4O4/c1-9(8-16-12(18)6-7-13(16)19)14-15-10-2-4-11(5-3-10)17(20)21/h2-5,15H,6-8H2,1H3/b14-9-. The van der Waals surface area contributed by atoms with Gasteiger partial charge in [-0.3, -0.25) is 30.0 Å². The van der Waals surface area contributed by atoms with Gasteiger partial charge in [-0.2, -0.15) is 5.10 Å². The van der Waals surface area contributed by atoms with Crippen molar-refractivity contribution in [2.75, 3.05) is 12.0 Å². The first-order chi connectivity index (χ1) is 9.97. The van der Waals surface area contributed by atoms with E-state index in [1.807, 2.05) is 0 Å². The number of nitrogens with one attached hydrogen (secondary N) is 1. The van der Waals surface area contributed by atoms with Crippen LogP contribution < -0.4 is 5.43 Å². The molecule has 0 atom stereocenters. The van der Waals surface area contributed by atoms with E-state index in [0.717, 1.165) is 0 Å². The quantitative estimate of drug-likeness (QED) is 0.383. The highest BCUT2D eigenvalue weighted by Gasteiger charge is 2.28. The molecule has 21 heavy (non-hydrogen) atoms. The molecule has 2 amide bonds. The molecule has 1 aliphatic rings. The third-order valence-corrected chi connectivity index (χ3v) is 3.00. The Morgan fingerprint density at radius 1 is 1.29 bits per heavy atom. The van der Waals surface area contributed by atoms with Crippen molar-refractivity contribution in [2.24, 2.45) is 5.10 Å². The molecule has 0 aliphatic carbocycles. The number of anilines is 1. The van der Waals surface area contributed by atoms with E-state index in [-0.39, 0.29) is 36.9 Å². The maximum absolute atomic E-state index is 11.5. The van der Waals surface area contributed by atoms with Gasteiger partial charge in [-0.1, -0.05) is 0 Å². The van der Waals surface area contributed by atoms with Crippen LogP contribution in [0.2, 0.25) is 0 Å². The number of carbonyl (C=O) groups excluding carboxylic acids is 2. The number of nitro benzene ring substituents is 1. The number of amides is 2. The van der Waals surface area contributed by atoms with E-state index in [9.17, 15) is 19.7 Å². The maximum Gasteiger partial charge on any atom is 0.269 e. The van der Waals surface area contributed by atoms with Crippen LogP contribution in [0.4, 0.5) is 11.4 Å². The highest BCUT2D eigenvalue weighted by Crippen LogP contribution is 2.15. The van der Waals surface area contributed by atoms with E-state index in [4.69, 9.17) is 0 Å². The summed E-state index contributed by atoms with van der Waals surface area (Å²) >= 11 is 0. The maximum atomic E-state index is 11.5. The van der Waals surface area contributed by atoms with Crippen molar-refractivity contribution < 1.29 is 14.5 Å². The van der Waals surface area contributed by atoms with Crippen LogP contribution in [0.1, 0.15) is 19.8 Å². The van der Waals surface area contributed by atoms with Gasteiger partial charge < -0.3 is 0 Å². The molecule has 8 heteroatoms. The van der Waals surface area contributed by atoms with Crippen molar-refractivity contribution in [1.82, 2.24) is 4.90 Å². The van der Waals surface area contributed by atoms with Gasteiger partial charge in [-0.25, -0.2) is 0 Å². The molecule has 0 radical (unpaired) electrons. The lowest BCUT2D eigenvalue weighted by atomic mass is 10.3. The molecule has 0 bridgehead atoms. The number of nitro groups is 1. The van der Waals surface area contributed by atoms with Crippen molar-refractivity contribution in [2.45, 2.75) is 19.8 Å². The first kappa shape index (κ1) is 14.6. The average Bonchev–Trinajstić information content (AvgIpc) is 2.77. The average molecular weight is 290 g/mol. The molecule has 110 valence electrons. The van der Waals surface area contributed by atoms with Crippen molar-refractivity contribution in [3.05, 3.63) is 34.4 Å². The van der Waals surface area contributed by atoms with Gasteiger partial charge in [-0.05, 0) is 19.1 Å². The molecule has 0 aromatic heterocycles. The molecule has 1 aliphatic heterocycles. The summed E-state index contributed by atoms with van der Waals surface area (Å²) in [6.07, 6.45) is 0.504. The van der Waals surface area contributed by atoms with Crippen LogP contribution >= 0.6 is 0 Å². The molecule has 1 aromatic rings. The minimum atomic E-state index is -0.483. The van der Waals surface area contributed by atoms with Gasteiger partial charge in [0.25, 0.3) is 5.69 Å². The number of hydrogen-bond acceptors (Lipinski definition) is 6. The molecule has 0 spiro atoms. The number of hydrazone groups is 1. The predicted molar refractivity (Wildman–Crippen MR) is 75.8 cm³/mol. The van der Waals surface area contributed by atoms with Crippen molar-refractivity contribution in [3.8, 4) is 0 Å². The molecule has 8 nitrogen and oxygen atoms in total.